The van der Waals surface area contributed by atoms with E-state index in [0.29, 0.717) is 11.5 Å². The molecule has 0 bridgehead atoms. The SMILES string of the molecule is COc1ccc(-c2ccc(/C=N\O)o2)c(Br)c1. The van der Waals surface area contributed by atoms with Crippen molar-refractivity contribution in [2.75, 3.05) is 7.11 Å². The van der Waals surface area contributed by atoms with Crippen LogP contribution in [0.1, 0.15) is 5.76 Å². The van der Waals surface area contributed by atoms with Gasteiger partial charge in [0.15, 0.2) is 0 Å². The highest BCUT2D eigenvalue weighted by Gasteiger charge is 2.08. The maximum atomic E-state index is 8.41. The van der Waals surface area contributed by atoms with Gasteiger partial charge >= 0.3 is 0 Å². The van der Waals surface area contributed by atoms with Crippen LogP contribution in [-0.2, 0) is 0 Å². The van der Waals surface area contributed by atoms with E-state index in [4.69, 9.17) is 14.4 Å². The van der Waals surface area contributed by atoms with E-state index in [-0.39, 0.29) is 0 Å². The number of furan rings is 1. The van der Waals surface area contributed by atoms with Crippen molar-refractivity contribution in [3.63, 3.8) is 0 Å². The highest BCUT2D eigenvalue weighted by Crippen LogP contribution is 2.32. The summed E-state index contributed by atoms with van der Waals surface area (Å²) in [4.78, 5) is 0. The van der Waals surface area contributed by atoms with Crippen LogP contribution in [0.2, 0.25) is 0 Å². The summed E-state index contributed by atoms with van der Waals surface area (Å²) in [5.41, 5.74) is 0.906. The van der Waals surface area contributed by atoms with Gasteiger partial charge in [0.1, 0.15) is 23.5 Å². The number of benzene rings is 1. The van der Waals surface area contributed by atoms with Crippen molar-refractivity contribution in [2.45, 2.75) is 0 Å². The molecular formula is C12H10BrNO3. The van der Waals surface area contributed by atoms with Crippen LogP contribution in [0.5, 0.6) is 5.75 Å². The third-order valence-corrected chi connectivity index (χ3v) is 2.91. The molecule has 1 aromatic heterocycles. The van der Waals surface area contributed by atoms with Crippen LogP contribution in [0.25, 0.3) is 11.3 Å². The van der Waals surface area contributed by atoms with Gasteiger partial charge in [0.05, 0.1) is 7.11 Å². The average molecular weight is 296 g/mol. The third kappa shape index (κ3) is 2.50. The first kappa shape index (κ1) is 11.7. The second-order valence-corrected chi connectivity index (χ2v) is 4.15. The molecule has 0 aliphatic rings. The topological polar surface area (TPSA) is 55.0 Å². The lowest BCUT2D eigenvalue weighted by Crippen LogP contribution is -1.83. The minimum atomic E-state index is 0.491. The molecule has 88 valence electrons. The van der Waals surface area contributed by atoms with E-state index >= 15 is 0 Å². The van der Waals surface area contributed by atoms with Crippen molar-refractivity contribution in [3.05, 3.63) is 40.6 Å². The van der Waals surface area contributed by atoms with Crippen molar-refractivity contribution in [2.24, 2.45) is 5.16 Å². The Kier molecular flexibility index (Phi) is 3.49. The second kappa shape index (κ2) is 5.05. The molecule has 0 aliphatic carbocycles. The molecule has 5 heteroatoms. The molecule has 0 amide bonds. The fourth-order valence-electron chi connectivity index (χ4n) is 1.45. The first-order valence-electron chi connectivity index (χ1n) is 4.86. The van der Waals surface area contributed by atoms with Gasteiger partial charge in [-0.3, -0.25) is 0 Å². The molecule has 4 nitrogen and oxygen atoms in total. The second-order valence-electron chi connectivity index (χ2n) is 3.29. The molecule has 1 aromatic carbocycles. The number of oxime groups is 1. The maximum Gasteiger partial charge on any atom is 0.149 e. The molecule has 0 saturated carbocycles. The lowest BCUT2D eigenvalue weighted by molar-refractivity contribution is 0.321. The van der Waals surface area contributed by atoms with Crippen LogP contribution in [0, 0.1) is 0 Å². The summed E-state index contributed by atoms with van der Waals surface area (Å²) in [5, 5.41) is 11.3. The van der Waals surface area contributed by atoms with Gasteiger partial charge in [-0.15, -0.1) is 0 Å². The number of nitrogens with zero attached hydrogens (tertiary/aromatic N) is 1. The monoisotopic (exact) mass is 295 g/mol. The number of hydrogen-bond donors (Lipinski definition) is 1. The summed E-state index contributed by atoms with van der Waals surface area (Å²) < 4.78 is 11.5. The number of rotatable bonds is 3. The zero-order chi connectivity index (χ0) is 12.3. The lowest BCUT2D eigenvalue weighted by atomic mass is 10.2. The van der Waals surface area contributed by atoms with Crippen LogP contribution >= 0.6 is 15.9 Å². The minimum Gasteiger partial charge on any atom is -0.497 e. The van der Waals surface area contributed by atoms with E-state index in [0.717, 1.165) is 15.8 Å². The van der Waals surface area contributed by atoms with Gasteiger partial charge in [-0.1, -0.05) is 5.16 Å². The van der Waals surface area contributed by atoms with Gasteiger partial charge in [-0.25, -0.2) is 0 Å². The Labute approximate surface area is 107 Å². The van der Waals surface area contributed by atoms with E-state index < -0.39 is 0 Å². The first-order chi connectivity index (χ1) is 8.24. The maximum absolute atomic E-state index is 8.41. The molecular weight excluding hydrogens is 286 g/mol. The van der Waals surface area contributed by atoms with Gasteiger partial charge in [0, 0.05) is 10.0 Å². The van der Waals surface area contributed by atoms with Gasteiger partial charge in [0.25, 0.3) is 0 Å². The Morgan fingerprint density at radius 2 is 2.18 bits per heavy atom. The van der Waals surface area contributed by atoms with Crippen molar-refractivity contribution in [1.82, 2.24) is 0 Å². The van der Waals surface area contributed by atoms with Gasteiger partial charge < -0.3 is 14.4 Å². The smallest absolute Gasteiger partial charge is 0.149 e. The van der Waals surface area contributed by atoms with Crippen molar-refractivity contribution < 1.29 is 14.4 Å². The van der Waals surface area contributed by atoms with E-state index in [9.17, 15) is 0 Å². The van der Waals surface area contributed by atoms with Crippen LogP contribution in [0.4, 0.5) is 0 Å². The third-order valence-electron chi connectivity index (χ3n) is 2.25. The number of halogens is 1. The number of methoxy groups -OCH3 is 1. The summed E-state index contributed by atoms with van der Waals surface area (Å²) in [5.74, 6) is 1.95. The van der Waals surface area contributed by atoms with Crippen LogP contribution in [0.15, 0.2) is 44.4 Å². The minimum absolute atomic E-state index is 0.491. The molecule has 0 aliphatic heterocycles. The Hall–Kier alpha value is -1.75. The zero-order valence-corrected chi connectivity index (χ0v) is 10.6. The molecule has 0 saturated heterocycles. The van der Waals surface area contributed by atoms with Crippen LogP contribution in [-0.4, -0.2) is 18.5 Å². The molecule has 2 aromatic rings. The van der Waals surface area contributed by atoms with E-state index in [2.05, 4.69) is 21.1 Å². The molecule has 2 rings (SSSR count). The Morgan fingerprint density at radius 1 is 1.35 bits per heavy atom. The molecule has 0 spiro atoms. The molecule has 17 heavy (non-hydrogen) atoms. The largest absolute Gasteiger partial charge is 0.497 e. The Morgan fingerprint density at radius 3 is 2.82 bits per heavy atom. The first-order valence-corrected chi connectivity index (χ1v) is 5.65. The summed E-state index contributed by atoms with van der Waals surface area (Å²) in [6, 6.07) is 9.14. The standard InChI is InChI=1S/C12H10BrNO3/c1-16-8-2-4-10(11(13)6-8)12-5-3-9(17-12)7-14-15/h2-7,15H,1H3/b14-7-. The predicted octanol–water partition coefficient (Wildman–Crippen LogP) is 3.53. The number of hydrogen-bond acceptors (Lipinski definition) is 4. The molecule has 0 unspecified atom stereocenters. The molecule has 1 N–H and O–H groups in total. The van der Waals surface area contributed by atoms with Crippen molar-refractivity contribution in [3.8, 4) is 17.1 Å². The summed E-state index contributed by atoms with van der Waals surface area (Å²) in [6.07, 6.45) is 1.24. The molecule has 0 atom stereocenters. The van der Waals surface area contributed by atoms with E-state index in [1.54, 1.807) is 13.2 Å². The summed E-state index contributed by atoms with van der Waals surface area (Å²) in [6.45, 7) is 0. The molecule has 0 radical (unpaired) electrons. The van der Waals surface area contributed by atoms with Crippen LogP contribution in [0.3, 0.4) is 0 Å². The molecule has 1 heterocycles. The van der Waals surface area contributed by atoms with Crippen LogP contribution < -0.4 is 4.74 Å². The highest BCUT2D eigenvalue weighted by atomic mass is 79.9. The van der Waals surface area contributed by atoms with Crippen molar-refractivity contribution >= 4 is 22.1 Å². The quantitative estimate of drug-likeness (QED) is 0.535. The van der Waals surface area contributed by atoms with E-state index in [1.165, 1.54) is 6.21 Å². The van der Waals surface area contributed by atoms with Gasteiger partial charge in [-0.05, 0) is 46.3 Å². The van der Waals surface area contributed by atoms with Gasteiger partial charge in [0.2, 0.25) is 0 Å². The van der Waals surface area contributed by atoms with Crippen molar-refractivity contribution in [1.29, 1.82) is 0 Å². The highest BCUT2D eigenvalue weighted by molar-refractivity contribution is 9.10. The number of ether oxygens (including phenoxy) is 1. The summed E-state index contributed by atoms with van der Waals surface area (Å²) in [7, 11) is 1.62. The summed E-state index contributed by atoms with van der Waals surface area (Å²) >= 11 is 3.45. The Balaban J connectivity index is 2.38. The lowest BCUT2D eigenvalue weighted by Gasteiger charge is -2.04. The normalized spacial score (nSPS) is 10.9. The van der Waals surface area contributed by atoms with Gasteiger partial charge in [-0.2, -0.15) is 0 Å². The average Bonchev–Trinajstić information content (AvgIpc) is 2.78. The van der Waals surface area contributed by atoms with E-state index in [1.807, 2.05) is 24.3 Å². The zero-order valence-electron chi connectivity index (χ0n) is 9.05. The fourth-order valence-corrected chi connectivity index (χ4v) is 2.00. The predicted molar refractivity (Wildman–Crippen MR) is 67.8 cm³/mol. The Bertz CT molecular complexity index is 548. The fraction of sp³-hybridized carbons (Fsp3) is 0.0833. The molecule has 0 fully saturated rings.